The minimum atomic E-state index is -0.230. The maximum atomic E-state index is 5.75. The minimum Gasteiger partial charge on any atom is -0.489 e. The monoisotopic (exact) mass is 270 g/mol. The molecule has 0 bridgehead atoms. The number of hydrogen-bond acceptors (Lipinski definition) is 3. The van der Waals surface area contributed by atoms with Crippen molar-refractivity contribution in [2.24, 2.45) is 0 Å². The maximum absolute atomic E-state index is 5.75. The van der Waals surface area contributed by atoms with Crippen LogP contribution in [0.3, 0.4) is 0 Å². The molecule has 3 nitrogen and oxygen atoms in total. The van der Waals surface area contributed by atoms with Crippen molar-refractivity contribution in [3.8, 4) is 5.75 Å². The second-order valence-electron chi connectivity index (χ2n) is 4.77. The molecule has 1 saturated heterocycles. The molecule has 1 aliphatic rings. The summed E-state index contributed by atoms with van der Waals surface area (Å²) < 4.78 is 16.9. The Kier molecular flexibility index (Phi) is 4.31. The standard InChI is InChI=1S/C17H18O3/c1-2-5-14(6-3-1)13-20-16-9-7-15(8-10-16)17-18-11-4-12-19-17/h1-3,5-10,17H,4,11-13H2. The van der Waals surface area contributed by atoms with Gasteiger partial charge in [0.05, 0.1) is 13.2 Å². The van der Waals surface area contributed by atoms with Crippen molar-refractivity contribution in [3.05, 3.63) is 65.7 Å². The molecule has 3 heteroatoms. The van der Waals surface area contributed by atoms with Crippen LogP contribution >= 0.6 is 0 Å². The maximum Gasteiger partial charge on any atom is 0.183 e. The largest absolute Gasteiger partial charge is 0.489 e. The van der Waals surface area contributed by atoms with Crippen molar-refractivity contribution in [1.29, 1.82) is 0 Å². The van der Waals surface area contributed by atoms with Gasteiger partial charge in [0.1, 0.15) is 12.4 Å². The van der Waals surface area contributed by atoms with Crippen LogP contribution in [0, 0.1) is 0 Å². The van der Waals surface area contributed by atoms with Gasteiger partial charge in [0, 0.05) is 5.56 Å². The average Bonchev–Trinajstić information content (AvgIpc) is 2.55. The van der Waals surface area contributed by atoms with E-state index in [0.717, 1.165) is 36.5 Å². The van der Waals surface area contributed by atoms with Gasteiger partial charge in [-0.05, 0) is 24.1 Å². The Balaban J connectivity index is 1.58. The highest BCUT2D eigenvalue weighted by atomic mass is 16.7. The molecular weight excluding hydrogens is 252 g/mol. The Bertz CT molecular complexity index is 516. The van der Waals surface area contributed by atoms with Gasteiger partial charge < -0.3 is 14.2 Å². The van der Waals surface area contributed by atoms with E-state index in [9.17, 15) is 0 Å². The summed E-state index contributed by atoms with van der Waals surface area (Å²) >= 11 is 0. The van der Waals surface area contributed by atoms with Gasteiger partial charge in [-0.15, -0.1) is 0 Å². The topological polar surface area (TPSA) is 27.7 Å². The number of benzene rings is 2. The molecule has 20 heavy (non-hydrogen) atoms. The van der Waals surface area contributed by atoms with E-state index in [1.54, 1.807) is 0 Å². The Morgan fingerprint density at radius 2 is 1.60 bits per heavy atom. The molecule has 0 aliphatic carbocycles. The first kappa shape index (κ1) is 13.2. The van der Waals surface area contributed by atoms with E-state index >= 15 is 0 Å². The molecule has 1 fully saturated rings. The zero-order valence-corrected chi connectivity index (χ0v) is 11.3. The minimum absolute atomic E-state index is 0.230. The average molecular weight is 270 g/mol. The lowest BCUT2D eigenvalue weighted by Gasteiger charge is -2.23. The fraction of sp³-hybridized carbons (Fsp3) is 0.294. The van der Waals surface area contributed by atoms with Crippen molar-refractivity contribution < 1.29 is 14.2 Å². The highest BCUT2D eigenvalue weighted by molar-refractivity contribution is 5.28. The van der Waals surface area contributed by atoms with E-state index < -0.39 is 0 Å². The normalized spacial score (nSPS) is 16.0. The Hall–Kier alpha value is -1.84. The molecule has 104 valence electrons. The van der Waals surface area contributed by atoms with Crippen molar-refractivity contribution in [1.82, 2.24) is 0 Å². The van der Waals surface area contributed by atoms with Crippen LogP contribution < -0.4 is 4.74 Å². The number of rotatable bonds is 4. The molecule has 2 aromatic rings. The first-order valence-corrected chi connectivity index (χ1v) is 6.92. The highest BCUT2D eigenvalue weighted by Crippen LogP contribution is 2.24. The van der Waals surface area contributed by atoms with Crippen LogP contribution in [0.2, 0.25) is 0 Å². The lowest BCUT2D eigenvalue weighted by molar-refractivity contribution is -0.183. The first-order valence-electron chi connectivity index (χ1n) is 6.92. The van der Waals surface area contributed by atoms with E-state index in [1.807, 2.05) is 42.5 Å². The van der Waals surface area contributed by atoms with Gasteiger partial charge in [0.15, 0.2) is 6.29 Å². The summed E-state index contributed by atoms with van der Waals surface area (Å²) in [6.07, 6.45) is 0.737. The van der Waals surface area contributed by atoms with Crippen LogP contribution in [0.1, 0.15) is 23.8 Å². The molecule has 0 spiro atoms. The molecule has 1 aliphatic heterocycles. The SMILES string of the molecule is c1ccc(COc2ccc(C3OCCCO3)cc2)cc1. The zero-order valence-electron chi connectivity index (χ0n) is 11.3. The van der Waals surface area contributed by atoms with E-state index in [-0.39, 0.29) is 6.29 Å². The molecule has 0 atom stereocenters. The quantitative estimate of drug-likeness (QED) is 0.847. The molecule has 0 amide bonds. The van der Waals surface area contributed by atoms with Crippen molar-refractivity contribution in [2.45, 2.75) is 19.3 Å². The van der Waals surface area contributed by atoms with Crippen LogP contribution in [-0.2, 0) is 16.1 Å². The van der Waals surface area contributed by atoms with Gasteiger partial charge in [0.2, 0.25) is 0 Å². The summed E-state index contributed by atoms with van der Waals surface area (Å²) in [5.74, 6) is 0.855. The third kappa shape index (κ3) is 3.38. The summed E-state index contributed by atoms with van der Waals surface area (Å²) in [4.78, 5) is 0. The molecule has 0 unspecified atom stereocenters. The van der Waals surface area contributed by atoms with E-state index in [2.05, 4.69) is 12.1 Å². The Labute approximate surface area is 119 Å². The lowest BCUT2D eigenvalue weighted by atomic mass is 10.2. The molecule has 0 radical (unpaired) electrons. The summed E-state index contributed by atoms with van der Waals surface area (Å²) in [5.41, 5.74) is 2.20. The zero-order chi connectivity index (χ0) is 13.6. The van der Waals surface area contributed by atoms with Gasteiger partial charge in [-0.1, -0.05) is 42.5 Å². The second kappa shape index (κ2) is 6.55. The summed E-state index contributed by atoms with van der Waals surface area (Å²) in [6, 6.07) is 18.0. The molecule has 2 aromatic carbocycles. The first-order chi connectivity index (χ1) is 9.92. The Morgan fingerprint density at radius 1 is 0.900 bits per heavy atom. The third-order valence-corrected chi connectivity index (χ3v) is 3.23. The summed E-state index contributed by atoms with van der Waals surface area (Å²) in [6.45, 7) is 2.10. The fourth-order valence-corrected chi connectivity index (χ4v) is 2.14. The molecule has 0 aromatic heterocycles. The van der Waals surface area contributed by atoms with Crippen LogP contribution in [0.5, 0.6) is 5.75 Å². The second-order valence-corrected chi connectivity index (χ2v) is 4.77. The smallest absolute Gasteiger partial charge is 0.183 e. The van der Waals surface area contributed by atoms with Crippen LogP contribution in [-0.4, -0.2) is 13.2 Å². The van der Waals surface area contributed by atoms with Crippen LogP contribution in [0.4, 0.5) is 0 Å². The summed E-state index contributed by atoms with van der Waals surface area (Å²) in [5, 5.41) is 0. The summed E-state index contributed by atoms with van der Waals surface area (Å²) in [7, 11) is 0. The Morgan fingerprint density at radius 3 is 2.30 bits per heavy atom. The van der Waals surface area contributed by atoms with E-state index in [0.29, 0.717) is 6.61 Å². The number of ether oxygens (including phenoxy) is 3. The predicted molar refractivity (Wildman–Crippen MR) is 76.5 cm³/mol. The van der Waals surface area contributed by atoms with Crippen molar-refractivity contribution in [2.75, 3.05) is 13.2 Å². The predicted octanol–water partition coefficient (Wildman–Crippen LogP) is 3.70. The molecule has 1 heterocycles. The lowest BCUT2D eigenvalue weighted by Crippen LogP contribution is -2.17. The van der Waals surface area contributed by atoms with Gasteiger partial charge in [-0.25, -0.2) is 0 Å². The molecule has 0 saturated carbocycles. The number of hydrogen-bond donors (Lipinski definition) is 0. The van der Waals surface area contributed by atoms with Gasteiger partial charge in [-0.2, -0.15) is 0 Å². The highest BCUT2D eigenvalue weighted by Gasteiger charge is 2.16. The van der Waals surface area contributed by atoms with E-state index in [4.69, 9.17) is 14.2 Å². The fourth-order valence-electron chi connectivity index (χ4n) is 2.14. The third-order valence-electron chi connectivity index (χ3n) is 3.23. The van der Waals surface area contributed by atoms with Crippen LogP contribution in [0.25, 0.3) is 0 Å². The van der Waals surface area contributed by atoms with Gasteiger partial charge >= 0.3 is 0 Å². The van der Waals surface area contributed by atoms with Crippen molar-refractivity contribution >= 4 is 0 Å². The molecule has 0 N–H and O–H groups in total. The van der Waals surface area contributed by atoms with Gasteiger partial charge in [0.25, 0.3) is 0 Å². The molecule has 3 rings (SSSR count). The van der Waals surface area contributed by atoms with Gasteiger partial charge in [-0.3, -0.25) is 0 Å². The van der Waals surface area contributed by atoms with Crippen LogP contribution in [0.15, 0.2) is 54.6 Å². The van der Waals surface area contributed by atoms with E-state index in [1.165, 1.54) is 0 Å². The molecular formula is C17H18O3. The van der Waals surface area contributed by atoms with Crippen molar-refractivity contribution in [3.63, 3.8) is 0 Å².